The topological polar surface area (TPSA) is 17.1 Å². The first kappa shape index (κ1) is 18.5. The number of ketones is 1. The molecule has 2 unspecified atom stereocenters. The summed E-state index contributed by atoms with van der Waals surface area (Å²) in [7, 11) is 0. The Morgan fingerprint density at radius 1 is 0.739 bits per heavy atom. The molecule has 0 N–H and O–H groups in total. The van der Waals surface area contributed by atoms with Crippen LogP contribution in [-0.2, 0) is 4.79 Å². The fourth-order valence-electron chi connectivity index (χ4n) is 4.11. The minimum atomic E-state index is 0.173. The van der Waals surface area contributed by atoms with E-state index >= 15 is 0 Å². The van der Waals surface area contributed by atoms with Gasteiger partial charge in [0.1, 0.15) is 5.78 Å². The average molecular weight is 317 g/mol. The Balaban J connectivity index is 2.17. The lowest BCUT2D eigenvalue weighted by molar-refractivity contribution is -0.123. The van der Waals surface area contributed by atoms with Gasteiger partial charge in [-0.1, -0.05) is 63.7 Å². The van der Waals surface area contributed by atoms with Gasteiger partial charge in [-0.15, -0.1) is 0 Å². The molecule has 0 spiro atoms. The van der Waals surface area contributed by atoms with E-state index in [1.165, 1.54) is 76.2 Å². The van der Waals surface area contributed by atoms with Crippen molar-refractivity contribution in [2.45, 2.75) is 97.3 Å². The lowest BCUT2D eigenvalue weighted by Crippen LogP contribution is -2.21. The van der Waals surface area contributed by atoms with Crippen molar-refractivity contribution >= 4 is 5.78 Å². The second kappa shape index (κ2) is 10.1. The zero-order chi connectivity index (χ0) is 16.5. The standard InChI is InChI=1S/C22H36O/c1-18-19(2)22(23)17-13-8-6-4-3-5-7-12-16-21(18)20-14-10-9-11-15-20/h12,16,18-19H,3-11,13-15,17H2,1-2H3/b16-12-. The fourth-order valence-corrected chi connectivity index (χ4v) is 4.11. The number of hydrogen-bond acceptors (Lipinski definition) is 1. The number of carbonyl (C=O) groups is 1. The molecule has 0 amide bonds. The Hall–Kier alpha value is -0.850. The molecule has 23 heavy (non-hydrogen) atoms. The number of hydrogen-bond donors (Lipinski definition) is 0. The van der Waals surface area contributed by atoms with Crippen LogP contribution in [0.4, 0.5) is 0 Å². The average Bonchev–Trinajstić information content (AvgIpc) is 2.58. The predicted octanol–water partition coefficient (Wildman–Crippen LogP) is 6.78. The summed E-state index contributed by atoms with van der Waals surface area (Å²) in [5, 5.41) is 0. The van der Waals surface area contributed by atoms with Gasteiger partial charge in [0, 0.05) is 12.3 Å². The van der Waals surface area contributed by atoms with Gasteiger partial charge in [0.2, 0.25) is 0 Å². The highest BCUT2D eigenvalue weighted by Crippen LogP contribution is 2.33. The molecule has 1 nitrogen and oxygen atoms in total. The minimum absolute atomic E-state index is 0.173. The van der Waals surface area contributed by atoms with Gasteiger partial charge in [0.15, 0.2) is 0 Å². The van der Waals surface area contributed by atoms with Crippen LogP contribution in [0.15, 0.2) is 23.3 Å². The summed E-state index contributed by atoms with van der Waals surface area (Å²) in [6.07, 6.45) is 21.0. The van der Waals surface area contributed by atoms with E-state index in [0.717, 1.165) is 12.8 Å². The smallest absolute Gasteiger partial charge is 0.136 e. The second-order valence-electron chi connectivity index (χ2n) is 7.73. The van der Waals surface area contributed by atoms with Crippen LogP contribution in [0.25, 0.3) is 0 Å². The third kappa shape index (κ3) is 5.94. The van der Waals surface area contributed by atoms with Crippen LogP contribution in [0.2, 0.25) is 0 Å². The Morgan fingerprint density at radius 3 is 2.04 bits per heavy atom. The molecule has 1 saturated carbocycles. The molecule has 130 valence electrons. The van der Waals surface area contributed by atoms with Crippen LogP contribution in [0.5, 0.6) is 0 Å². The van der Waals surface area contributed by atoms with Crippen molar-refractivity contribution in [3.05, 3.63) is 23.3 Å². The highest BCUT2D eigenvalue weighted by molar-refractivity contribution is 5.81. The molecule has 0 bridgehead atoms. The van der Waals surface area contributed by atoms with E-state index in [2.05, 4.69) is 26.0 Å². The lowest BCUT2D eigenvalue weighted by Gasteiger charge is -2.26. The van der Waals surface area contributed by atoms with Gasteiger partial charge < -0.3 is 0 Å². The summed E-state index contributed by atoms with van der Waals surface area (Å²) in [5.41, 5.74) is 3.15. The van der Waals surface area contributed by atoms with E-state index in [9.17, 15) is 4.79 Å². The minimum Gasteiger partial charge on any atom is -0.299 e. The van der Waals surface area contributed by atoms with Gasteiger partial charge >= 0.3 is 0 Å². The van der Waals surface area contributed by atoms with Crippen LogP contribution in [0.3, 0.4) is 0 Å². The first-order valence-corrected chi connectivity index (χ1v) is 10.1. The van der Waals surface area contributed by atoms with Crippen molar-refractivity contribution in [1.29, 1.82) is 0 Å². The van der Waals surface area contributed by atoms with Crippen molar-refractivity contribution in [2.75, 3.05) is 0 Å². The molecule has 0 radical (unpaired) electrons. The molecule has 0 aromatic heterocycles. The molecule has 2 aliphatic carbocycles. The van der Waals surface area contributed by atoms with Crippen molar-refractivity contribution in [1.82, 2.24) is 0 Å². The number of Topliss-reactive ketones (excluding diaryl/α,β-unsaturated/α-hetero) is 1. The van der Waals surface area contributed by atoms with Crippen molar-refractivity contribution in [3.63, 3.8) is 0 Å². The summed E-state index contributed by atoms with van der Waals surface area (Å²) in [6, 6.07) is 0. The molecule has 0 aliphatic heterocycles. The van der Waals surface area contributed by atoms with Crippen LogP contribution >= 0.6 is 0 Å². The fraction of sp³-hybridized carbons (Fsp3) is 0.773. The first-order chi connectivity index (χ1) is 11.2. The number of carbonyl (C=O) groups excluding carboxylic acids is 1. The zero-order valence-corrected chi connectivity index (χ0v) is 15.4. The molecule has 1 heteroatoms. The zero-order valence-electron chi connectivity index (χ0n) is 15.4. The second-order valence-corrected chi connectivity index (χ2v) is 7.73. The molecule has 2 rings (SSSR count). The summed E-state index contributed by atoms with van der Waals surface area (Å²) in [4.78, 5) is 12.6. The molecule has 2 atom stereocenters. The summed E-state index contributed by atoms with van der Waals surface area (Å²) in [6.45, 7) is 4.45. The lowest BCUT2D eigenvalue weighted by atomic mass is 9.78. The molecular weight excluding hydrogens is 280 g/mol. The van der Waals surface area contributed by atoms with E-state index < -0.39 is 0 Å². The van der Waals surface area contributed by atoms with Crippen LogP contribution in [-0.4, -0.2) is 5.78 Å². The van der Waals surface area contributed by atoms with E-state index in [-0.39, 0.29) is 5.92 Å². The maximum atomic E-state index is 12.6. The van der Waals surface area contributed by atoms with Gasteiger partial charge in [-0.2, -0.15) is 0 Å². The van der Waals surface area contributed by atoms with Gasteiger partial charge in [-0.25, -0.2) is 0 Å². The van der Waals surface area contributed by atoms with Gasteiger partial charge in [0.25, 0.3) is 0 Å². The highest BCUT2D eigenvalue weighted by Gasteiger charge is 2.24. The highest BCUT2D eigenvalue weighted by atomic mass is 16.1. The Labute approximate surface area is 143 Å². The number of rotatable bonds is 0. The van der Waals surface area contributed by atoms with E-state index in [1.54, 1.807) is 5.57 Å². The Bertz CT molecular complexity index is 421. The van der Waals surface area contributed by atoms with E-state index in [4.69, 9.17) is 0 Å². The van der Waals surface area contributed by atoms with Gasteiger partial charge in [-0.3, -0.25) is 4.79 Å². The Kier molecular flexibility index (Phi) is 8.12. The van der Waals surface area contributed by atoms with Crippen LogP contribution in [0.1, 0.15) is 97.3 Å². The normalized spacial score (nSPS) is 30.8. The summed E-state index contributed by atoms with van der Waals surface area (Å²) >= 11 is 0. The predicted molar refractivity (Wildman–Crippen MR) is 99.5 cm³/mol. The molecule has 0 aromatic rings. The van der Waals surface area contributed by atoms with Crippen LogP contribution < -0.4 is 0 Å². The maximum absolute atomic E-state index is 12.6. The molecule has 0 saturated heterocycles. The molecule has 2 aliphatic rings. The van der Waals surface area contributed by atoms with E-state index in [0.29, 0.717) is 11.7 Å². The molecule has 1 fully saturated rings. The third-order valence-corrected chi connectivity index (χ3v) is 5.96. The quantitative estimate of drug-likeness (QED) is 0.481. The SMILES string of the molecule is CC1C(=O)CCCCCCCC/C=C\C(=C2CCCCC2)C1C. The molecule has 0 heterocycles. The van der Waals surface area contributed by atoms with Gasteiger partial charge in [0.05, 0.1) is 0 Å². The summed E-state index contributed by atoms with van der Waals surface area (Å²) < 4.78 is 0. The van der Waals surface area contributed by atoms with E-state index in [1.807, 2.05) is 0 Å². The first-order valence-electron chi connectivity index (χ1n) is 10.1. The Morgan fingerprint density at radius 2 is 1.30 bits per heavy atom. The van der Waals surface area contributed by atoms with Crippen LogP contribution in [0, 0.1) is 11.8 Å². The monoisotopic (exact) mass is 316 g/mol. The molecular formula is C22H36O. The molecule has 0 aromatic carbocycles. The van der Waals surface area contributed by atoms with Crippen molar-refractivity contribution in [3.8, 4) is 0 Å². The summed E-state index contributed by atoms with van der Waals surface area (Å²) in [5.74, 6) is 1.04. The van der Waals surface area contributed by atoms with Gasteiger partial charge in [-0.05, 0) is 56.4 Å². The van der Waals surface area contributed by atoms with Crippen molar-refractivity contribution in [2.24, 2.45) is 11.8 Å². The number of allylic oxidation sites excluding steroid dienone is 4. The maximum Gasteiger partial charge on any atom is 0.136 e. The van der Waals surface area contributed by atoms with Crippen molar-refractivity contribution < 1.29 is 4.79 Å². The largest absolute Gasteiger partial charge is 0.299 e. The third-order valence-electron chi connectivity index (χ3n) is 5.96.